The molecule has 27 heavy (non-hydrogen) atoms. The Balaban J connectivity index is 1.71. The van der Waals surface area contributed by atoms with Crippen LogP contribution in [0.25, 0.3) is 11.4 Å². The SMILES string of the molecule is Cc1ccc(-c2noc([C@H](C)OC(=O)c3ccc(N(C)C)nc3)n2)cc1F. The molecule has 1 aromatic carbocycles. The number of hydrogen-bond acceptors (Lipinski definition) is 7. The van der Waals surface area contributed by atoms with E-state index in [9.17, 15) is 9.18 Å². The normalized spacial score (nSPS) is 11.9. The second-order valence-corrected chi connectivity index (χ2v) is 6.27. The highest BCUT2D eigenvalue weighted by Gasteiger charge is 2.21. The van der Waals surface area contributed by atoms with Crippen LogP contribution in [0, 0.1) is 12.7 Å². The highest BCUT2D eigenvalue weighted by Crippen LogP contribution is 2.23. The maximum Gasteiger partial charge on any atom is 0.340 e. The first-order valence-corrected chi connectivity index (χ1v) is 8.29. The van der Waals surface area contributed by atoms with Gasteiger partial charge >= 0.3 is 5.97 Å². The molecule has 0 N–H and O–H groups in total. The number of aryl methyl sites for hydroxylation is 1. The van der Waals surface area contributed by atoms with Gasteiger partial charge in [0.05, 0.1) is 5.56 Å². The van der Waals surface area contributed by atoms with E-state index in [2.05, 4.69) is 15.1 Å². The van der Waals surface area contributed by atoms with Gasteiger partial charge in [0.25, 0.3) is 5.89 Å². The molecular weight excluding hydrogens is 351 g/mol. The molecule has 3 aromatic rings. The van der Waals surface area contributed by atoms with Crippen LogP contribution in [0.3, 0.4) is 0 Å². The molecule has 7 nitrogen and oxygen atoms in total. The molecule has 0 saturated heterocycles. The summed E-state index contributed by atoms with van der Waals surface area (Å²) in [5.41, 5.74) is 1.32. The standard InChI is InChI=1S/C19H19FN4O3/c1-11-5-6-13(9-15(11)20)17-22-18(27-23-17)12(2)26-19(25)14-7-8-16(21-10-14)24(3)4/h5-10,12H,1-4H3/t12-/m0/s1. The van der Waals surface area contributed by atoms with E-state index in [4.69, 9.17) is 9.26 Å². The van der Waals surface area contributed by atoms with Crippen LogP contribution in [-0.2, 0) is 4.74 Å². The molecule has 3 rings (SSSR count). The van der Waals surface area contributed by atoms with Crippen molar-refractivity contribution < 1.29 is 18.4 Å². The second-order valence-electron chi connectivity index (χ2n) is 6.27. The van der Waals surface area contributed by atoms with E-state index >= 15 is 0 Å². The molecule has 2 heterocycles. The lowest BCUT2D eigenvalue weighted by molar-refractivity contribution is 0.0265. The van der Waals surface area contributed by atoms with E-state index in [-0.39, 0.29) is 17.5 Å². The minimum absolute atomic E-state index is 0.122. The van der Waals surface area contributed by atoms with Crippen molar-refractivity contribution in [1.29, 1.82) is 0 Å². The maximum absolute atomic E-state index is 13.7. The van der Waals surface area contributed by atoms with Crippen molar-refractivity contribution in [3.05, 3.63) is 59.4 Å². The zero-order valence-electron chi connectivity index (χ0n) is 15.4. The third-order valence-corrected chi connectivity index (χ3v) is 3.95. The van der Waals surface area contributed by atoms with Gasteiger partial charge in [0, 0.05) is 25.9 Å². The van der Waals surface area contributed by atoms with Gasteiger partial charge in [0.2, 0.25) is 5.82 Å². The average Bonchev–Trinajstić information content (AvgIpc) is 3.14. The van der Waals surface area contributed by atoms with Crippen LogP contribution in [0.4, 0.5) is 10.2 Å². The Kier molecular flexibility index (Phi) is 5.16. The molecule has 0 fully saturated rings. The van der Waals surface area contributed by atoms with Crippen molar-refractivity contribution in [2.24, 2.45) is 0 Å². The lowest BCUT2D eigenvalue weighted by atomic mass is 10.1. The zero-order valence-corrected chi connectivity index (χ0v) is 15.4. The van der Waals surface area contributed by atoms with Crippen molar-refractivity contribution in [1.82, 2.24) is 15.1 Å². The van der Waals surface area contributed by atoms with Crippen molar-refractivity contribution in [3.63, 3.8) is 0 Å². The van der Waals surface area contributed by atoms with Crippen molar-refractivity contribution in [3.8, 4) is 11.4 Å². The molecule has 0 saturated carbocycles. The second kappa shape index (κ2) is 7.53. The number of aromatic nitrogens is 3. The first kappa shape index (κ1) is 18.5. The minimum atomic E-state index is -0.762. The highest BCUT2D eigenvalue weighted by molar-refractivity contribution is 5.89. The summed E-state index contributed by atoms with van der Waals surface area (Å²) in [4.78, 5) is 22.4. The number of pyridine rings is 1. The topological polar surface area (TPSA) is 81.4 Å². The Morgan fingerprint density at radius 2 is 2.04 bits per heavy atom. The summed E-state index contributed by atoms with van der Waals surface area (Å²) in [6.45, 7) is 3.29. The van der Waals surface area contributed by atoms with Gasteiger partial charge in [-0.2, -0.15) is 4.98 Å². The van der Waals surface area contributed by atoms with Gasteiger partial charge in [-0.05, 0) is 37.6 Å². The summed E-state index contributed by atoms with van der Waals surface area (Å²) < 4.78 is 24.2. The fraction of sp³-hybridized carbons (Fsp3) is 0.263. The number of nitrogens with zero attached hydrogens (tertiary/aromatic N) is 4. The van der Waals surface area contributed by atoms with Gasteiger partial charge in [-0.1, -0.05) is 17.3 Å². The molecule has 0 aliphatic carbocycles. The number of ether oxygens (including phenoxy) is 1. The van der Waals surface area contributed by atoms with E-state index in [0.29, 0.717) is 16.7 Å². The van der Waals surface area contributed by atoms with E-state index < -0.39 is 12.1 Å². The van der Waals surface area contributed by atoms with Crippen LogP contribution in [0.15, 0.2) is 41.1 Å². The molecule has 0 amide bonds. The minimum Gasteiger partial charge on any atom is -0.449 e. The van der Waals surface area contributed by atoms with Crippen LogP contribution in [0.1, 0.15) is 34.8 Å². The predicted molar refractivity (Wildman–Crippen MR) is 96.8 cm³/mol. The van der Waals surface area contributed by atoms with Gasteiger partial charge in [-0.25, -0.2) is 14.2 Å². The number of hydrogen-bond donors (Lipinski definition) is 0. The predicted octanol–water partition coefficient (Wildman–Crippen LogP) is 3.56. The van der Waals surface area contributed by atoms with Gasteiger partial charge in [-0.3, -0.25) is 0 Å². The molecule has 0 bridgehead atoms. The lowest BCUT2D eigenvalue weighted by Crippen LogP contribution is -2.13. The Labute approximate surface area is 155 Å². The molecule has 0 unspecified atom stereocenters. The van der Waals surface area contributed by atoms with Crippen LogP contribution >= 0.6 is 0 Å². The lowest BCUT2D eigenvalue weighted by Gasteiger charge is -2.12. The summed E-state index contributed by atoms with van der Waals surface area (Å²) in [6.07, 6.45) is 0.682. The Hall–Kier alpha value is -3.29. The average molecular weight is 370 g/mol. The summed E-state index contributed by atoms with van der Waals surface area (Å²) in [7, 11) is 3.71. The zero-order chi connectivity index (χ0) is 19.6. The number of rotatable bonds is 5. The highest BCUT2D eigenvalue weighted by atomic mass is 19.1. The van der Waals surface area contributed by atoms with E-state index in [1.807, 2.05) is 19.0 Å². The Morgan fingerprint density at radius 1 is 1.26 bits per heavy atom. The number of esters is 1. The third kappa shape index (κ3) is 4.11. The number of benzene rings is 1. The fourth-order valence-corrected chi connectivity index (χ4v) is 2.30. The number of halogens is 1. The molecule has 0 aliphatic rings. The summed E-state index contributed by atoms with van der Waals surface area (Å²) in [5, 5.41) is 3.83. The summed E-state index contributed by atoms with van der Waals surface area (Å²) in [6, 6.07) is 8.01. The molecule has 8 heteroatoms. The van der Waals surface area contributed by atoms with Crippen molar-refractivity contribution >= 4 is 11.8 Å². The maximum atomic E-state index is 13.7. The largest absolute Gasteiger partial charge is 0.449 e. The van der Waals surface area contributed by atoms with Crippen molar-refractivity contribution in [2.45, 2.75) is 20.0 Å². The Morgan fingerprint density at radius 3 is 2.67 bits per heavy atom. The molecule has 1 atom stereocenters. The van der Waals surface area contributed by atoms with Gasteiger partial charge in [-0.15, -0.1) is 0 Å². The van der Waals surface area contributed by atoms with Crippen LogP contribution in [-0.4, -0.2) is 35.2 Å². The number of carbonyl (C=O) groups is 1. The monoisotopic (exact) mass is 370 g/mol. The molecule has 140 valence electrons. The molecule has 0 spiro atoms. The molecule has 0 radical (unpaired) electrons. The van der Waals surface area contributed by atoms with Gasteiger partial charge in [0.1, 0.15) is 11.6 Å². The number of anilines is 1. The quantitative estimate of drug-likeness (QED) is 0.635. The van der Waals surface area contributed by atoms with Crippen LogP contribution in [0.5, 0.6) is 0 Å². The summed E-state index contributed by atoms with van der Waals surface area (Å²) >= 11 is 0. The van der Waals surface area contributed by atoms with Gasteiger partial charge in [0.15, 0.2) is 6.10 Å². The number of carbonyl (C=O) groups excluding carboxylic acids is 1. The molecular formula is C19H19FN4O3. The van der Waals surface area contributed by atoms with Crippen LogP contribution < -0.4 is 4.90 Å². The fourth-order valence-electron chi connectivity index (χ4n) is 2.30. The van der Waals surface area contributed by atoms with Crippen LogP contribution in [0.2, 0.25) is 0 Å². The van der Waals surface area contributed by atoms with E-state index in [1.165, 1.54) is 12.3 Å². The summed E-state index contributed by atoms with van der Waals surface area (Å²) in [5.74, 6) is 0.168. The van der Waals surface area contributed by atoms with Gasteiger partial charge < -0.3 is 14.2 Å². The van der Waals surface area contributed by atoms with E-state index in [0.717, 1.165) is 5.82 Å². The first-order chi connectivity index (χ1) is 12.8. The Bertz CT molecular complexity index is 954. The van der Waals surface area contributed by atoms with Crippen molar-refractivity contribution in [2.75, 3.05) is 19.0 Å². The smallest absolute Gasteiger partial charge is 0.340 e. The third-order valence-electron chi connectivity index (χ3n) is 3.95. The first-order valence-electron chi connectivity index (χ1n) is 8.29. The molecule has 0 aliphatic heterocycles. The van der Waals surface area contributed by atoms with E-state index in [1.54, 1.807) is 38.1 Å². The molecule has 2 aromatic heterocycles.